The number of ether oxygens (including phenoxy) is 1. The molecular weight excluding hydrogens is 140 g/mol. The third kappa shape index (κ3) is 1.28. The van der Waals surface area contributed by atoms with E-state index in [9.17, 15) is 0 Å². The molecule has 0 amide bonds. The summed E-state index contributed by atoms with van der Waals surface area (Å²) in [6, 6.07) is 0. The molecule has 2 aliphatic heterocycles. The first-order chi connectivity index (χ1) is 5.35. The van der Waals surface area contributed by atoms with E-state index in [-0.39, 0.29) is 5.72 Å². The molecule has 1 atom stereocenters. The number of hydrogen-bond acceptors (Lipinski definition) is 3. The lowest BCUT2D eigenvalue weighted by Crippen LogP contribution is -2.72. The second-order valence-electron chi connectivity index (χ2n) is 3.46. The Morgan fingerprint density at radius 3 is 2.91 bits per heavy atom. The Labute approximate surface area is 67.5 Å². The minimum atomic E-state index is 0.0128. The van der Waals surface area contributed by atoms with E-state index in [4.69, 9.17) is 4.74 Å². The van der Waals surface area contributed by atoms with Crippen molar-refractivity contribution in [2.24, 2.45) is 0 Å². The second kappa shape index (κ2) is 2.73. The highest BCUT2D eigenvalue weighted by atomic mass is 16.5. The number of rotatable bonds is 1. The van der Waals surface area contributed by atoms with Crippen LogP contribution in [-0.2, 0) is 4.74 Å². The van der Waals surface area contributed by atoms with Gasteiger partial charge in [-0.2, -0.15) is 0 Å². The molecule has 3 heteroatoms. The Kier molecular flexibility index (Phi) is 1.87. The fourth-order valence-corrected chi connectivity index (χ4v) is 1.73. The molecular formula is C8H16N2O. The van der Waals surface area contributed by atoms with Crippen LogP contribution in [0.25, 0.3) is 0 Å². The summed E-state index contributed by atoms with van der Waals surface area (Å²) in [5.74, 6) is 0. The molecule has 2 saturated heterocycles. The standard InChI is InChI=1S/C8H16N2O/c1-2-7-3-4-10-8(11-7)5-9-6-8/h7,9-10H,2-6H2,1H3. The predicted molar refractivity (Wildman–Crippen MR) is 43.4 cm³/mol. The third-order valence-corrected chi connectivity index (χ3v) is 2.58. The van der Waals surface area contributed by atoms with Gasteiger partial charge in [-0.1, -0.05) is 6.92 Å². The highest BCUT2D eigenvalue weighted by Crippen LogP contribution is 2.22. The van der Waals surface area contributed by atoms with Crippen LogP contribution in [0.15, 0.2) is 0 Å². The first-order valence-corrected chi connectivity index (χ1v) is 4.48. The average Bonchev–Trinajstić information content (AvgIpc) is 2.02. The molecule has 0 aromatic rings. The van der Waals surface area contributed by atoms with Crippen molar-refractivity contribution in [3.63, 3.8) is 0 Å². The van der Waals surface area contributed by atoms with Crippen LogP contribution in [0, 0.1) is 0 Å². The van der Waals surface area contributed by atoms with Crippen LogP contribution >= 0.6 is 0 Å². The van der Waals surface area contributed by atoms with Crippen LogP contribution in [0.3, 0.4) is 0 Å². The van der Waals surface area contributed by atoms with Gasteiger partial charge in [0.15, 0.2) is 0 Å². The monoisotopic (exact) mass is 156 g/mol. The lowest BCUT2D eigenvalue weighted by atomic mass is 10.0. The van der Waals surface area contributed by atoms with Crippen molar-refractivity contribution in [3.05, 3.63) is 0 Å². The smallest absolute Gasteiger partial charge is 0.144 e. The number of nitrogens with one attached hydrogen (secondary N) is 2. The van der Waals surface area contributed by atoms with Gasteiger partial charge in [-0.3, -0.25) is 5.32 Å². The first-order valence-electron chi connectivity index (χ1n) is 4.48. The molecule has 0 radical (unpaired) electrons. The van der Waals surface area contributed by atoms with Crippen LogP contribution in [-0.4, -0.2) is 31.5 Å². The van der Waals surface area contributed by atoms with Gasteiger partial charge in [0, 0.05) is 19.6 Å². The summed E-state index contributed by atoms with van der Waals surface area (Å²) in [5, 5.41) is 6.64. The molecule has 1 spiro atoms. The summed E-state index contributed by atoms with van der Waals surface area (Å²) < 4.78 is 5.89. The van der Waals surface area contributed by atoms with Gasteiger partial charge in [-0.05, 0) is 12.8 Å². The van der Waals surface area contributed by atoms with Gasteiger partial charge in [0.05, 0.1) is 6.10 Å². The van der Waals surface area contributed by atoms with Crippen LogP contribution in [0.4, 0.5) is 0 Å². The zero-order valence-electron chi connectivity index (χ0n) is 7.02. The summed E-state index contributed by atoms with van der Waals surface area (Å²) in [7, 11) is 0. The molecule has 2 fully saturated rings. The Bertz CT molecular complexity index is 145. The molecule has 0 aromatic heterocycles. The van der Waals surface area contributed by atoms with Gasteiger partial charge in [-0.15, -0.1) is 0 Å². The van der Waals surface area contributed by atoms with Crippen molar-refractivity contribution in [2.45, 2.75) is 31.6 Å². The lowest BCUT2D eigenvalue weighted by molar-refractivity contribution is -0.167. The summed E-state index contributed by atoms with van der Waals surface area (Å²) in [6.07, 6.45) is 2.79. The molecule has 0 bridgehead atoms. The molecule has 3 nitrogen and oxygen atoms in total. The van der Waals surface area contributed by atoms with Gasteiger partial charge in [0.2, 0.25) is 0 Å². The quantitative estimate of drug-likeness (QED) is 0.564. The van der Waals surface area contributed by atoms with Gasteiger partial charge in [0.25, 0.3) is 0 Å². The van der Waals surface area contributed by atoms with E-state index >= 15 is 0 Å². The largest absolute Gasteiger partial charge is 0.355 e. The maximum atomic E-state index is 5.89. The fraction of sp³-hybridized carbons (Fsp3) is 1.00. The summed E-state index contributed by atoms with van der Waals surface area (Å²) in [5.41, 5.74) is 0.0128. The van der Waals surface area contributed by atoms with E-state index in [1.807, 2.05) is 0 Å². The summed E-state index contributed by atoms with van der Waals surface area (Å²) in [4.78, 5) is 0. The van der Waals surface area contributed by atoms with Gasteiger partial charge < -0.3 is 10.1 Å². The van der Waals surface area contributed by atoms with Crippen LogP contribution in [0.5, 0.6) is 0 Å². The second-order valence-corrected chi connectivity index (χ2v) is 3.46. The maximum Gasteiger partial charge on any atom is 0.144 e. The maximum absolute atomic E-state index is 5.89. The molecule has 0 aliphatic carbocycles. The van der Waals surface area contributed by atoms with Gasteiger partial charge in [-0.25, -0.2) is 0 Å². The minimum Gasteiger partial charge on any atom is -0.355 e. The van der Waals surface area contributed by atoms with Crippen molar-refractivity contribution in [1.29, 1.82) is 0 Å². The number of hydrogen-bond donors (Lipinski definition) is 2. The van der Waals surface area contributed by atoms with Crippen molar-refractivity contribution in [2.75, 3.05) is 19.6 Å². The summed E-state index contributed by atoms with van der Waals surface area (Å²) >= 11 is 0. The average molecular weight is 156 g/mol. The van der Waals surface area contributed by atoms with Crippen molar-refractivity contribution < 1.29 is 4.74 Å². The van der Waals surface area contributed by atoms with E-state index in [2.05, 4.69) is 17.6 Å². The van der Waals surface area contributed by atoms with E-state index in [1.165, 1.54) is 0 Å². The molecule has 2 aliphatic rings. The van der Waals surface area contributed by atoms with Crippen LogP contribution in [0.2, 0.25) is 0 Å². The van der Waals surface area contributed by atoms with Gasteiger partial charge in [0.1, 0.15) is 5.72 Å². The van der Waals surface area contributed by atoms with Crippen molar-refractivity contribution in [3.8, 4) is 0 Å². The van der Waals surface area contributed by atoms with E-state index < -0.39 is 0 Å². The molecule has 64 valence electrons. The normalized spacial score (nSPS) is 35.2. The van der Waals surface area contributed by atoms with E-state index in [1.54, 1.807) is 0 Å². The Morgan fingerprint density at radius 2 is 2.36 bits per heavy atom. The molecule has 2 rings (SSSR count). The lowest BCUT2D eigenvalue weighted by Gasteiger charge is -2.48. The zero-order chi connectivity index (χ0) is 7.73. The van der Waals surface area contributed by atoms with Crippen molar-refractivity contribution in [1.82, 2.24) is 10.6 Å². The van der Waals surface area contributed by atoms with Gasteiger partial charge >= 0.3 is 0 Å². The molecule has 11 heavy (non-hydrogen) atoms. The summed E-state index contributed by atoms with van der Waals surface area (Å²) in [6.45, 7) is 5.25. The van der Waals surface area contributed by atoms with Crippen LogP contribution < -0.4 is 10.6 Å². The predicted octanol–water partition coefficient (Wildman–Crippen LogP) is 0.0744. The Hall–Kier alpha value is -0.120. The molecule has 1 unspecified atom stereocenters. The first kappa shape index (κ1) is 7.53. The third-order valence-electron chi connectivity index (χ3n) is 2.58. The molecule has 2 N–H and O–H groups in total. The Morgan fingerprint density at radius 1 is 1.55 bits per heavy atom. The Balaban J connectivity index is 1.92. The van der Waals surface area contributed by atoms with E-state index in [0.717, 1.165) is 32.5 Å². The highest BCUT2D eigenvalue weighted by Gasteiger charge is 2.41. The minimum absolute atomic E-state index is 0.0128. The zero-order valence-corrected chi connectivity index (χ0v) is 7.02. The molecule has 0 aromatic carbocycles. The topological polar surface area (TPSA) is 33.3 Å². The van der Waals surface area contributed by atoms with Crippen LogP contribution in [0.1, 0.15) is 19.8 Å². The van der Waals surface area contributed by atoms with E-state index in [0.29, 0.717) is 6.10 Å². The molecule has 2 heterocycles. The fourth-order valence-electron chi connectivity index (χ4n) is 1.73. The van der Waals surface area contributed by atoms with Crippen molar-refractivity contribution >= 4 is 0 Å². The highest BCUT2D eigenvalue weighted by molar-refractivity contribution is 4.95. The molecule has 0 saturated carbocycles. The SMILES string of the molecule is CCC1CCNC2(CNC2)O1.